The number of benzene rings is 2. The average molecular weight is 484 g/mol. The van der Waals surface area contributed by atoms with Gasteiger partial charge < -0.3 is 5.73 Å². The molecule has 4 rings (SSSR count). The van der Waals surface area contributed by atoms with E-state index in [1.165, 1.54) is 6.07 Å². The number of nitrogen functional groups attached to an aromatic ring is 1. The molecular formula is C20H14FIN6. The molecule has 6 nitrogen and oxygen atoms in total. The predicted octanol–water partition coefficient (Wildman–Crippen LogP) is 4.05. The average Bonchev–Trinajstić information content (AvgIpc) is 3.07. The number of nitrogens with two attached hydrogens (primary N) is 1. The summed E-state index contributed by atoms with van der Waals surface area (Å²) < 4.78 is 16.7. The molecule has 0 amide bonds. The first-order valence-electron chi connectivity index (χ1n) is 8.41. The Balaban J connectivity index is 1.90. The van der Waals surface area contributed by atoms with E-state index < -0.39 is 0 Å². The first-order valence-corrected chi connectivity index (χ1v) is 9.49. The molecule has 0 unspecified atom stereocenters. The molecule has 0 aliphatic carbocycles. The number of fused-ring (bicyclic) bond motifs is 1. The van der Waals surface area contributed by atoms with Crippen molar-refractivity contribution in [1.82, 2.24) is 19.7 Å². The third-order valence-corrected chi connectivity index (χ3v) is 5.60. The van der Waals surface area contributed by atoms with Gasteiger partial charge in [-0.05, 0) is 53.3 Å². The van der Waals surface area contributed by atoms with Crippen molar-refractivity contribution in [2.75, 3.05) is 5.73 Å². The number of hydrogen-bond donors (Lipinski definition) is 1. The Labute approximate surface area is 174 Å². The molecule has 0 bridgehead atoms. The molecule has 2 N–H and O–H groups in total. The van der Waals surface area contributed by atoms with Crippen molar-refractivity contribution >= 4 is 39.6 Å². The van der Waals surface area contributed by atoms with Gasteiger partial charge in [-0.2, -0.15) is 15.3 Å². The van der Waals surface area contributed by atoms with Crippen LogP contribution >= 0.6 is 22.6 Å². The second-order valence-corrected chi connectivity index (χ2v) is 7.42. The van der Waals surface area contributed by atoms with Crippen molar-refractivity contribution in [2.45, 2.75) is 13.5 Å². The maximum Gasteiger partial charge on any atom is 0.222 e. The summed E-state index contributed by atoms with van der Waals surface area (Å²) in [4.78, 5) is 8.72. The Morgan fingerprint density at radius 2 is 2.00 bits per heavy atom. The highest BCUT2D eigenvalue weighted by Gasteiger charge is 2.17. The van der Waals surface area contributed by atoms with E-state index in [1.54, 1.807) is 29.1 Å². The van der Waals surface area contributed by atoms with Gasteiger partial charge in [0, 0.05) is 14.7 Å². The summed E-state index contributed by atoms with van der Waals surface area (Å²) >= 11 is 2.10. The maximum atomic E-state index is 14.3. The molecule has 0 atom stereocenters. The molecule has 28 heavy (non-hydrogen) atoms. The first-order chi connectivity index (χ1) is 13.5. The van der Waals surface area contributed by atoms with E-state index in [0.717, 1.165) is 14.7 Å². The van der Waals surface area contributed by atoms with Crippen LogP contribution in [0.5, 0.6) is 0 Å². The summed E-state index contributed by atoms with van der Waals surface area (Å²) in [6.45, 7) is 2.09. The largest absolute Gasteiger partial charge is 0.368 e. The van der Waals surface area contributed by atoms with E-state index in [2.05, 4.69) is 43.7 Å². The monoisotopic (exact) mass is 484 g/mol. The molecule has 0 fully saturated rings. The van der Waals surface area contributed by atoms with E-state index >= 15 is 0 Å². The highest BCUT2D eigenvalue weighted by atomic mass is 127. The lowest BCUT2D eigenvalue weighted by atomic mass is 9.99. The first kappa shape index (κ1) is 18.3. The fourth-order valence-corrected chi connectivity index (χ4v) is 3.78. The van der Waals surface area contributed by atoms with Gasteiger partial charge in [-0.3, -0.25) is 0 Å². The van der Waals surface area contributed by atoms with Crippen LogP contribution < -0.4 is 5.73 Å². The van der Waals surface area contributed by atoms with Crippen LogP contribution in [0, 0.1) is 27.6 Å². The zero-order valence-electron chi connectivity index (χ0n) is 14.8. The summed E-state index contributed by atoms with van der Waals surface area (Å²) in [5.74, 6) is -0.204. The zero-order chi connectivity index (χ0) is 19.8. The minimum absolute atomic E-state index is 0.0919. The van der Waals surface area contributed by atoms with Crippen LogP contribution in [0.2, 0.25) is 0 Å². The zero-order valence-corrected chi connectivity index (χ0v) is 17.0. The standard InChI is InChI=1S/C20H14FIN6/c1-11-12(8-23)4-2-5-13(11)18-14-9-25-28(19(14)27-20(24)26-18)10-15-16(21)6-3-7-17(15)22/h2-7,9H,10H2,1H3,(H2,24,26,27). The van der Waals surface area contributed by atoms with Crippen molar-refractivity contribution in [3.63, 3.8) is 0 Å². The highest BCUT2D eigenvalue weighted by Crippen LogP contribution is 2.31. The fraction of sp³-hybridized carbons (Fsp3) is 0.100. The molecular weight excluding hydrogens is 470 g/mol. The van der Waals surface area contributed by atoms with E-state index in [1.807, 2.05) is 19.1 Å². The van der Waals surface area contributed by atoms with Crippen LogP contribution in [0.15, 0.2) is 42.6 Å². The summed E-state index contributed by atoms with van der Waals surface area (Å²) in [6, 6.07) is 12.6. The van der Waals surface area contributed by atoms with Gasteiger partial charge in [0.1, 0.15) is 5.82 Å². The summed E-state index contributed by atoms with van der Waals surface area (Å²) in [7, 11) is 0. The molecule has 138 valence electrons. The van der Waals surface area contributed by atoms with Crippen molar-refractivity contribution in [2.24, 2.45) is 0 Å². The Morgan fingerprint density at radius 3 is 2.75 bits per heavy atom. The molecule has 0 radical (unpaired) electrons. The Hall–Kier alpha value is -3.06. The normalized spacial score (nSPS) is 10.9. The van der Waals surface area contributed by atoms with Crippen molar-refractivity contribution in [3.05, 3.63) is 68.7 Å². The van der Waals surface area contributed by atoms with Gasteiger partial charge in [0.25, 0.3) is 0 Å². The number of hydrogen-bond acceptors (Lipinski definition) is 5. The van der Waals surface area contributed by atoms with Crippen molar-refractivity contribution in [3.8, 4) is 17.3 Å². The van der Waals surface area contributed by atoms with Gasteiger partial charge in [0.15, 0.2) is 5.65 Å². The molecule has 2 aromatic carbocycles. The number of anilines is 1. The molecule has 0 aliphatic rings. The van der Waals surface area contributed by atoms with E-state index in [4.69, 9.17) is 5.73 Å². The van der Waals surface area contributed by atoms with E-state index in [9.17, 15) is 9.65 Å². The number of halogens is 2. The lowest BCUT2D eigenvalue weighted by Crippen LogP contribution is -2.08. The minimum Gasteiger partial charge on any atom is -0.368 e. The topological polar surface area (TPSA) is 93.4 Å². The van der Waals surface area contributed by atoms with Crippen LogP contribution in [0.1, 0.15) is 16.7 Å². The molecule has 4 aromatic rings. The van der Waals surface area contributed by atoms with Gasteiger partial charge in [0.05, 0.1) is 35.5 Å². The highest BCUT2D eigenvalue weighted by molar-refractivity contribution is 14.1. The molecule has 0 spiro atoms. The minimum atomic E-state index is -0.296. The van der Waals surface area contributed by atoms with Gasteiger partial charge in [-0.1, -0.05) is 18.2 Å². The molecule has 0 aliphatic heterocycles. The molecule has 0 saturated carbocycles. The van der Waals surface area contributed by atoms with Crippen LogP contribution in [0.3, 0.4) is 0 Å². The van der Waals surface area contributed by atoms with Crippen molar-refractivity contribution < 1.29 is 4.39 Å². The number of rotatable bonds is 3. The number of nitriles is 1. The maximum absolute atomic E-state index is 14.3. The Bertz CT molecular complexity index is 1240. The lowest BCUT2D eigenvalue weighted by molar-refractivity contribution is 0.587. The lowest BCUT2D eigenvalue weighted by Gasteiger charge is -2.10. The SMILES string of the molecule is Cc1c(C#N)cccc1-c1nc(N)nc2c1cnn2Cc1c(F)cccc1I. The van der Waals surface area contributed by atoms with Crippen LogP contribution in [-0.4, -0.2) is 19.7 Å². The van der Waals surface area contributed by atoms with Crippen LogP contribution in [0.25, 0.3) is 22.3 Å². The molecule has 2 aromatic heterocycles. The van der Waals surface area contributed by atoms with Gasteiger partial charge >= 0.3 is 0 Å². The van der Waals surface area contributed by atoms with Crippen molar-refractivity contribution in [1.29, 1.82) is 5.26 Å². The summed E-state index contributed by atoms with van der Waals surface area (Å²) in [5, 5.41) is 14.4. The molecule has 2 heterocycles. The van der Waals surface area contributed by atoms with E-state index in [-0.39, 0.29) is 18.3 Å². The fourth-order valence-electron chi connectivity index (χ4n) is 3.14. The third-order valence-electron chi connectivity index (χ3n) is 4.59. The second kappa shape index (κ2) is 7.16. The van der Waals surface area contributed by atoms with E-state index in [0.29, 0.717) is 27.9 Å². The quantitative estimate of drug-likeness (QED) is 0.443. The summed E-state index contributed by atoms with van der Waals surface area (Å²) in [5.41, 5.74) is 9.78. The molecule has 0 saturated heterocycles. The molecule has 8 heteroatoms. The third kappa shape index (κ3) is 3.07. The van der Waals surface area contributed by atoms with Crippen LogP contribution in [-0.2, 0) is 6.54 Å². The summed E-state index contributed by atoms with van der Waals surface area (Å²) in [6.07, 6.45) is 1.65. The number of nitrogens with zero attached hydrogens (tertiary/aromatic N) is 5. The van der Waals surface area contributed by atoms with Gasteiger partial charge in [-0.25, -0.2) is 14.1 Å². The predicted molar refractivity (Wildman–Crippen MR) is 113 cm³/mol. The Morgan fingerprint density at radius 1 is 1.21 bits per heavy atom. The number of aromatic nitrogens is 4. The second-order valence-electron chi connectivity index (χ2n) is 6.26. The van der Waals surface area contributed by atoms with Gasteiger partial charge in [0.2, 0.25) is 5.95 Å². The van der Waals surface area contributed by atoms with Gasteiger partial charge in [-0.15, -0.1) is 0 Å². The smallest absolute Gasteiger partial charge is 0.222 e. The van der Waals surface area contributed by atoms with Crippen LogP contribution in [0.4, 0.5) is 10.3 Å². The Kier molecular flexibility index (Phi) is 4.68.